The van der Waals surface area contributed by atoms with Gasteiger partial charge in [-0.05, 0) is 24.1 Å². The van der Waals surface area contributed by atoms with Crippen LogP contribution in [0.3, 0.4) is 0 Å². The second-order valence-electron chi connectivity index (χ2n) is 5.13. The Hall–Kier alpha value is -1.52. The highest BCUT2D eigenvalue weighted by molar-refractivity contribution is 6.37. The maximum atomic E-state index is 12.1. The molecule has 1 N–H and O–H groups in total. The smallest absolute Gasteiger partial charge is 0.308 e. The monoisotopic (exact) mass is 327 g/mol. The molecule has 0 spiro atoms. The Morgan fingerprint density at radius 3 is 2.43 bits per heavy atom. The molecule has 6 heteroatoms. The SMILES string of the molecule is C[C@@H]1CN(C(=O)/C=C/c2c(Cl)cccc2Cl)C[C@H]1C(=O)O. The molecule has 2 rings (SSSR count). The normalized spacial score (nSPS) is 22.0. The summed E-state index contributed by atoms with van der Waals surface area (Å²) in [5, 5.41) is 10.00. The van der Waals surface area contributed by atoms with E-state index in [0.29, 0.717) is 22.2 Å². The van der Waals surface area contributed by atoms with Crippen molar-refractivity contribution in [2.45, 2.75) is 6.92 Å². The number of carbonyl (C=O) groups excluding carboxylic acids is 1. The summed E-state index contributed by atoms with van der Waals surface area (Å²) in [6, 6.07) is 5.11. The molecule has 1 aliphatic rings. The lowest BCUT2D eigenvalue weighted by molar-refractivity contribution is -0.142. The molecule has 21 heavy (non-hydrogen) atoms. The summed E-state index contributed by atoms with van der Waals surface area (Å²) in [6.07, 6.45) is 2.94. The van der Waals surface area contributed by atoms with Gasteiger partial charge in [0.1, 0.15) is 0 Å². The molecule has 2 atom stereocenters. The van der Waals surface area contributed by atoms with Gasteiger partial charge in [0.15, 0.2) is 0 Å². The first-order chi connectivity index (χ1) is 9.90. The Morgan fingerprint density at radius 1 is 1.29 bits per heavy atom. The van der Waals surface area contributed by atoms with Crippen LogP contribution in [-0.4, -0.2) is 35.0 Å². The molecule has 0 bridgehead atoms. The van der Waals surface area contributed by atoms with E-state index in [1.165, 1.54) is 11.0 Å². The number of likely N-dealkylation sites (tertiary alicyclic amines) is 1. The zero-order chi connectivity index (χ0) is 15.6. The summed E-state index contributed by atoms with van der Waals surface area (Å²) in [5.74, 6) is -1.66. The van der Waals surface area contributed by atoms with Gasteiger partial charge in [-0.25, -0.2) is 0 Å². The summed E-state index contributed by atoms with van der Waals surface area (Å²) in [4.78, 5) is 24.7. The molecule has 0 saturated carbocycles. The molecule has 1 fully saturated rings. The Kier molecular flexibility index (Phi) is 4.91. The van der Waals surface area contributed by atoms with Crippen molar-refractivity contribution in [1.82, 2.24) is 4.90 Å². The molecule has 1 aromatic carbocycles. The van der Waals surface area contributed by atoms with Crippen LogP contribution in [0.25, 0.3) is 6.08 Å². The molecule has 1 heterocycles. The molecule has 0 unspecified atom stereocenters. The zero-order valence-corrected chi connectivity index (χ0v) is 12.9. The average molecular weight is 328 g/mol. The lowest BCUT2D eigenvalue weighted by Crippen LogP contribution is -2.28. The molecule has 1 amide bonds. The number of carboxylic acids is 1. The van der Waals surface area contributed by atoms with Gasteiger partial charge in [0.2, 0.25) is 5.91 Å². The maximum Gasteiger partial charge on any atom is 0.308 e. The molecular formula is C15H15Cl2NO3. The first-order valence-corrected chi connectivity index (χ1v) is 7.29. The van der Waals surface area contributed by atoms with Gasteiger partial charge >= 0.3 is 5.97 Å². The van der Waals surface area contributed by atoms with Gasteiger partial charge < -0.3 is 10.0 Å². The number of rotatable bonds is 3. The molecular weight excluding hydrogens is 313 g/mol. The zero-order valence-electron chi connectivity index (χ0n) is 11.4. The van der Waals surface area contributed by atoms with E-state index in [2.05, 4.69) is 0 Å². The van der Waals surface area contributed by atoms with Crippen LogP contribution in [0.2, 0.25) is 10.0 Å². The van der Waals surface area contributed by atoms with Crippen LogP contribution in [0.4, 0.5) is 0 Å². The minimum Gasteiger partial charge on any atom is -0.481 e. The number of amides is 1. The molecule has 0 aromatic heterocycles. The fourth-order valence-corrected chi connectivity index (χ4v) is 2.92. The Morgan fingerprint density at radius 2 is 1.90 bits per heavy atom. The number of hydrogen-bond donors (Lipinski definition) is 1. The highest BCUT2D eigenvalue weighted by Crippen LogP contribution is 2.26. The summed E-state index contributed by atoms with van der Waals surface area (Å²) in [7, 11) is 0. The average Bonchev–Trinajstić information content (AvgIpc) is 2.80. The number of benzene rings is 1. The molecule has 1 saturated heterocycles. The van der Waals surface area contributed by atoms with Gasteiger partial charge in [0, 0.05) is 34.8 Å². The molecule has 0 aliphatic carbocycles. The maximum absolute atomic E-state index is 12.1. The number of carbonyl (C=O) groups is 2. The Labute approximate surface area is 133 Å². The third-order valence-corrected chi connectivity index (χ3v) is 4.29. The van der Waals surface area contributed by atoms with E-state index < -0.39 is 11.9 Å². The van der Waals surface area contributed by atoms with Crippen LogP contribution in [0.15, 0.2) is 24.3 Å². The summed E-state index contributed by atoms with van der Waals surface area (Å²) in [5.41, 5.74) is 0.580. The van der Waals surface area contributed by atoms with Gasteiger partial charge in [-0.2, -0.15) is 0 Å². The molecule has 1 aromatic rings. The van der Waals surface area contributed by atoms with Crippen molar-refractivity contribution < 1.29 is 14.7 Å². The highest BCUT2D eigenvalue weighted by Gasteiger charge is 2.36. The number of halogens is 2. The topological polar surface area (TPSA) is 57.6 Å². The summed E-state index contributed by atoms with van der Waals surface area (Å²) in [6.45, 7) is 2.51. The lowest BCUT2D eigenvalue weighted by Gasteiger charge is -2.13. The predicted octanol–water partition coefficient (Wildman–Crippen LogP) is 3.19. The van der Waals surface area contributed by atoms with Crippen molar-refractivity contribution in [3.8, 4) is 0 Å². The van der Waals surface area contributed by atoms with Gasteiger partial charge in [-0.3, -0.25) is 9.59 Å². The Balaban J connectivity index is 2.09. The second kappa shape index (κ2) is 6.50. The van der Waals surface area contributed by atoms with Crippen LogP contribution in [0.1, 0.15) is 12.5 Å². The van der Waals surface area contributed by atoms with E-state index in [-0.39, 0.29) is 18.4 Å². The summed E-state index contributed by atoms with van der Waals surface area (Å²) < 4.78 is 0. The van der Waals surface area contributed by atoms with Crippen molar-refractivity contribution in [1.29, 1.82) is 0 Å². The third-order valence-electron chi connectivity index (χ3n) is 3.63. The van der Waals surface area contributed by atoms with Crippen LogP contribution >= 0.6 is 23.2 Å². The van der Waals surface area contributed by atoms with Gasteiger partial charge in [0.25, 0.3) is 0 Å². The van der Waals surface area contributed by atoms with Crippen LogP contribution in [-0.2, 0) is 9.59 Å². The largest absolute Gasteiger partial charge is 0.481 e. The van der Waals surface area contributed by atoms with E-state index in [1.54, 1.807) is 24.3 Å². The van der Waals surface area contributed by atoms with E-state index in [9.17, 15) is 9.59 Å². The molecule has 1 aliphatic heterocycles. The number of nitrogens with zero attached hydrogens (tertiary/aromatic N) is 1. The molecule has 0 radical (unpaired) electrons. The van der Waals surface area contributed by atoms with E-state index in [4.69, 9.17) is 28.3 Å². The first-order valence-electron chi connectivity index (χ1n) is 6.54. The molecule has 4 nitrogen and oxygen atoms in total. The number of hydrogen-bond acceptors (Lipinski definition) is 2. The number of carboxylic acid groups (broad SMARTS) is 1. The highest BCUT2D eigenvalue weighted by atomic mass is 35.5. The predicted molar refractivity (Wildman–Crippen MR) is 82.4 cm³/mol. The van der Waals surface area contributed by atoms with Gasteiger partial charge in [0.05, 0.1) is 5.92 Å². The Bertz CT molecular complexity index is 580. The summed E-state index contributed by atoms with van der Waals surface area (Å²) >= 11 is 12.0. The van der Waals surface area contributed by atoms with Crippen LogP contribution in [0, 0.1) is 11.8 Å². The van der Waals surface area contributed by atoms with Crippen LogP contribution in [0.5, 0.6) is 0 Å². The fourth-order valence-electron chi connectivity index (χ4n) is 2.40. The van der Waals surface area contributed by atoms with Gasteiger partial charge in [-0.15, -0.1) is 0 Å². The molecule has 112 valence electrons. The number of aliphatic carboxylic acids is 1. The van der Waals surface area contributed by atoms with Crippen LogP contribution < -0.4 is 0 Å². The second-order valence-corrected chi connectivity index (χ2v) is 5.95. The quantitative estimate of drug-likeness (QED) is 0.867. The first kappa shape index (κ1) is 15.9. The third kappa shape index (κ3) is 3.57. The van der Waals surface area contributed by atoms with Gasteiger partial charge in [-0.1, -0.05) is 36.2 Å². The van der Waals surface area contributed by atoms with E-state index in [1.807, 2.05) is 6.92 Å². The van der Waals surface area contributed by atoms with Crippen molar-refractivity contribution in [2.75, 3.05) is 13.1 Å². The fraction of sp³-hybridized carbons (Fsp3) is 0.333. The van der Waals surface area contributed by atoms with E-state index >= 15 is 0 Å². The van der Waals surface area contributed by atoms with Crippen molar-refractivity contribution >= 4 is 41.2 Å². The van der Waals surface area contributed by atoms with Crippen molar-refractivity contribution in [3.05, 3.63) is 39.9 Å². The lowest BCUT2D eigenvalue weighted by atomic mass is 9.99. The minimum absolute atomic E-state index is 0.0521. The minimum atomic E-state index is -0.865. The van der Waals surface area contributed by atoms with Crippen molar-refractivity contribution in [2.24, 2.45) is 11.8 Å². The van der Waals surface area contributed by atoms with Crippen molar-refractivity contribution in [3.63, 3.8) is 0 Å². The van der Waals surface area contributed by atoms with E-state index in [0.717, 1.165) is 0 Å². The standard InChI is InChI=1S/C15H15Cl2NO3/c1-9-7-18(8-11(9)15(20)21)14(19)6-5-10-12(16)3-2-4-13(10)17/h2-6,9,11H,7-8H2,1H3,(H,20,21)/b6-5+/t9-,11-/m1/s1.